The van der Waals surface area contributed by atoms with Crippen molar-refractivity contribution in [3.63, 3.8) is 0 Å². The van der Waals surface area contributed by atoms with Gasteiger partial charge in [-0.3, -0.25) is 23.2 Å². The summed E-state index contributed by atoms with van der Waals surface area (Å²) in [5, 5.41) is 57.4. The van der Waals surface area contributed by atoms with Crippen molar-refractivity contribution in [3.8, 4) is 0 Å². The summed E-state index contributed by atoms with van der Waals surface area (Å²) in [6.45, 7) is 1.51. The van der Waals surface area contributed by atoms with Crippen molar-refractivity contribution >= 4 is 33.4 Å². The first-order valence-electron chi connectivity index (χ1n) is 27.3. The number of cyclic esters (lactones) is 1. The Morgan fingerprint density at radius 3 is 2.11 bits per heavy atom. The minimum absolute atomic E-state index is 0.0761. The third kappa shape index (κ3) is 27.3. The molecule has 21 nitrogen and oxygen atoms in total. The molecule has 2 bridgehead atoms. The van der Waals surface area contributed by atoms with Crippen LogP contribution in [0.25, 0.3) is 0 Å². The molecule has 1 saturated heterocycles. The van der Waals surface area contributed by atoms with Gasteiger partial charge in [-0.25, -0.2) is 13.9 Å². The first-order chi connectivity index (χ1) is 35.9. The van der Waals surface area contributed by atoms with E-state index in [0.717, 1.165) is 68.8 Å². The Kier molecular flexibility index (Phi) is 32.5. The maximum Gasteiger partial charge on any atom is 0.481 e. The maximum absolute atomic E-state index is 13.4. The third-order valence-electron chi connectivity index (χ3n) is 13.2. The smallest absolute Gasteiger partial charge is 0.462 e. The van der Waals surface area contributed by atoms with E-state index in [0.29, 0.717) is 19.3 Å². The third-order valence-corrected chi connectivity index (χ3v) is 15.8. The lowest BCUT2D eigenvalue weighted by Gasteiger charge is -2.40. The van der Waals surface area contributed by atoms with Crippen LogP contribution in [0.1, 0.15) is 181 Å². The van der Waals surface area contributed by atoms with E-state index < -0.39 is 120 Å². The van der Waals surface area contributed by atoms with Gasteiger partial charge in [0, 0.05) is 37.3 Å². The van der Waals surface area contributed by atoms with Crippen LogP contribution in [0, 0.1) is 11.8 Å². The van der Waals surface area contributed by atoms with E-state index >= 15 is 0 Å². The lowest BCUT2D eigenvalue weighted by atomic mass is 9.82. The number of aliphatic hydroxyl groups is 5. The zero-order chi connectivity index (χ0) is 55.1. The van der Waals surface area contributed by atoms with Gasteiger partial charge in [-0.15, -0.1) is 0 Å². The average molecular weight is 1110 g/mol. The van der Waals surface area contributed by atoms with Gasteiger partial charge >= 0.3 is 33.3 Å². The van der Waals surface area contributed by atoms with Gasteiger partial charge in [-0.1, -0.05) is 134 Å². The molecule has 0 spiro atoms. The molecule has 23 heteroatoms. The van der Waals surface area contributed by atoms with Gasteiger partial charge in [0.1, 0.15) is 30.9 Å². The van der Waals surface area contributed by atoms with Crippen molar-refractivity contribution in [3.05, 3.63) is 59.2 Å². The molecule has 12 atom stereocenters. The molecule has 1 aromatic rings. The molecule has 1 aromatic heterocycles. The van der Waals surface area contributed by atoms with E-state index in [2.05, 4.69) is 28.4 Å². The number of phosphoric acid groups is 2. The highest BCUT2D eigenvalue weighted by Gasteiger charge is 2.45. The highest BCUT2D eigenvalue weighted by Crippen LogP contribution is 2.60. The minimum Gasteiger partial charge on any atom is -0.462 e. The normalized spacial score (nSPS) is 29.6. The lowest BCUT2D eigenvalue weighted by Crippen LogP contribution is -2.52. The van der Waals surface area contributed by atoms with Gasteiger partial charge in [0.15, 0.2) is 6.10 Å². The number of hydrogen-bond donors (Lipinski definition) is 8. The van der Waals surface area contributed by atoms with E-state index in [-0.39, 0.29) is 37.9 Å². The number of carbonyl (C=O) groups is 2. The number of nitrogens with zero attached hydrogens (tertiary/aromatic N) is 2. The number of aromatic nitrogens is 2. The summed E-state index contributed by atoms with van der Waals surface area (Å²) in [4.78, 5) is 64.2. The summed E-state index contributed by atoms with van der Waals surface area (Å²) < 4.78 is 59.0. The molecule has 2 unspecified atom stereocenters. The second kappa shape index (κ2) is 36.9. The van der Waals surface area contributed by atoms with Crippen molar-refractivity contribution < 1.29 is 81.6 Å². The molecule has 3 rings (SSSR count). The standard InChI is InChI=1S/C52H89N3O18P2/c1-3-5-7-8-9-10-11-12-13-14-15-16-17-18-19-20-25-29-47(59)68-36-40-37-69-74(64,65)73-75(66,67)70-38-45-50(62)49(61)41(32-31-39(56)27-23-6-4-2)43(57)35-44(58)42(28-24-21-22-26-30-48(60)71-40)51(72-45)55-34-33-46(53)54-52(55)63/h12-13,21,24,31-34,39-45,49-51,56-58,61-62H,3-11,14-20,22-23,25-30,35-38H2,1-2H3,(H,64,65)(H,66,67)(H2,53,54,63)/b13-12-,24-21?,32-31-/t39-,40+,41-,42-,43+,44-,45+,49-,50+,51+/m0/s1. The highest BCUT2D eigenvalue weighted by molar-refractivity contribution is 7.61. The summed E-state index contributed by atoms with van der Waals surface area (Å²) in [6, 6.07) is 1.24. The SMILES string of the molecule is CCCCCCCC/C=C\CCCCCCCCCC(=O)OC[C@@H]1COP(=O)(O)OP(=O)(O)OC[C@H]2O[C@@H](n3ccc(N)nc3=O)[C@@H](CC=CCCCC(=O)O1)[C@@H](O)C[C@@H](O)[C@H](/C=C\[C@@H](O)CCCCC)[C@H](O)[C@@H]2O. The number of esters is 2. The number of allylic oxidation sites excluding steroid dienone is 4. The molecule has 1 fully saturated rings. The van der Waals surface area contributed by atoms with E-state index in [9.17, 15) is 58.8 Å². The number of rotatable bonds is 26. The van der Waals surface area contributed by atoms with Crippen molar-refractivity contribution in [1.82, 2.24) is 9.55 Å². The first-order valence-corrected chi connectivity index (χ1v) is 30.2. The highest BCUT2D eigenvalue weighted by atomic mass is 31.3. The second-order valence-electron chi connectivity index (χ2n) is 19.7. The molecule has 2 aliphatic rings. The van der Waals surface area contributed by atoms with Crippen LogP contribution in [-0.4, -0.2) is 119 Å². The summed E-state index contributed by atoms with van der Waals surface area (Å²) in [6.07, 6.45) is 17.8. The number of ether oxygens (including phenoxy) is 3. The maximum atomic E-state index is 13.4. The van der Waals surface area contributed by atoms with Crippen molar-refractivity contribution in [2.45, 2.75) is 223 Å². The van der Waals surface area contributed by atoms with Crippen LogP contribution in [0.5, 0.6) is 0 Å². The first kappa shape index (κ1) is 66.1. The Morgan fingerprint density at radius 2 is 1.45 bits per heavy atom. The molecule has 75 heavy (non-hydrogen) atoms. The monoisotopic (exact) mass is 1110 g/mol. The zero-order valence-electron chi connectivity index (χ0n) is 44.2. The Hall–Kier alpha value is -3.14. The minimum atomic E-state index is -5.70. The summed E-state index contributed by atoms with van der Waals surface area (Å²) in [5.41, 5.74) is 4.78. The van der Waals surface area contributed by atoms with Crippen LogP contribution in [-0.2, 0) is 46.3 Å². The Balaban J connectivity index is 1.73. The lowest BCUT2D eigenvalue weighted by molar-refractivity contribution is -0.194. The number of aliphatic hydroxyl groups excluding tert-OH is 5. The fourth-order valence-corrected chi connectivity index (χ4v) is 11.0. The topological polar surface area (TPSA) is 326 Å². The number of hydrogen-bond acceptors (Lipinski definition) is 18. The predicted molar refractivity (Wildman–Crippen MR) is 282 cm³/mol. The average Bonchev–Trinajstić information content (AvgIpc) is 3.35. The van der Waals surface area contributed by atoms with E-state index in [1.54, 1.807) is 12.2 Å². The molecule has 0 saturated carbocycles. The Morgan fingerprint density at radius 1 is 0.840 bits per heavy atom. The van der Waals surface area contributed by atoms with Gasteiger partial charge in [0.05, 0.1) is 37.6 Å². The molecule has 0 amide bonds. The quantitative estimate of drug-likeness (QED) is 0.0189. The summed E-state index contributed by atoms with van der Waals surface area (Å²) >= 11 is 0. The summed E-state index contributed by atoms with van der Waals surface area (Å²) in [5.74, 6) is -4.13. The van der Waals surface area contributed by atoms with Gasteiger partial charge in [0.2, 0.25) is 0 Å². The number of nitrogens with two attached hydrogens (primary N) is 1. The number of fused-ring (bicyclic) bond motifs is 3. The van der Waals surface area contributed by atoms with Crippen LogP contribution in [0.4, 0.5) is 5.82 Å². The number of phosphoric ester groups is 2. The van der Waals surface area contributed by atoms with Crippen LogP contribution in [0.2, 0.25) is 0 Å². The fourth-order valence-electron chi connectivity index (χ4n) is 8.88. The van der Waals surface area contributed by atoms with Gasteiger partial charge < -0.3 is 55.3 Å². The van der Waals surface area contributed by atoms with E-state index in [4.69, 9.17) is 29.0 Å². The molecular weight excluding hydrogens is 1020 g/mol. The van der Waals surface area contributed by atoms with Crippen LogP contribution in [0.15, 0.2) is 53.5 Å². The fraction of sp³-hybridized carbons (Fsp3) is 0.769. The molecule has 2 aliphatic heterocycles. The van der Waals surface area contributed by atoms with Crippen molar-refractivity contribution in [1.29, 1.82) is 0 Å². The van der Waals surface area contributed by atoms with Crippen molar-refractivity contribution in [2.24, 2.45) is 11.8 Å². The molecule has 0 aromatic carbocycles. The second-order valence-corrected chi connectivity index (χ2v) is 22.7. The number of nitrogen functional groups attached to an aromatic ring is 1. The van der Waals surface area contributed by atoms with Crippen LogP contribution >= 0.6 is 15.6 Å². The molecule has 430 valence electrons. The molecule has 0 radical (unpaired) electrons. The largest absolute Gasteiger partial charge is 0.481 e. The van der Waals surface area contributed by atoms with E-state index in [1.807, 2.05) is 6.92 Å². The van der Waals surface area contributed by atoms with Crippen LogP contribution in [0.3, 0.4) is 0 Å². The van der Waals surface area contributed by atoms with Crippen molar-refractivity contribution in [2.75, 3.05) is 25.6 Å². The number of unbranched alkanes of at least 4 members (excludes halogenated alkanes) is 15. The Bertz CT molecular complexity index is 2020. The van der Waals surface area contributed by atoms with Gasteiger partial charge in [0.25, 0.3) is 0 Å². The molecule has 3 heterocycles. The molecule has 9 N–H and O–H groups in total. The molecular formula is C52H89N3O18P2. The van der Waals surface area contributed by atoms with E-state index in [1.165, 1.54) is 62.9 Å². The van der Waals surface area contributed by atoms with Gasteiger partial charge in [-0.05, 0) is 63.9 Å². The Labute approximate surface area is 443 Å². The van der Waals surface area contributed by atoms with Gasteiger partial charge in [-0.2, -0.15) is 9.29 Å². The molecule has 0 aliphatic carbocycles. The summed E-state index contributed by atoms with van der Waals surface area (Å²) in [7, 11) is -11.3. The predicted octanol–water partition coefficient (Wildman–Crippen LogP) is 7.94. The van der Waals surface area contributed by atoms with Crippen LogP contribution < -0.4 is 11.4 Å². The zero-order valence-corrected chi connectivity index (χ0v) is 46.0. The number of carbonyl (C=O) groups excluding carboxylic acids is 2. The number of anilines is 1.